The van der Waals surface area contributed by atoms with Crippen LogP contribution in [0.3, 0.4) is 0 Å². The van der Waals surface area contributed by atoms with E-state index in [9.17, 15) is 13.6 Å². The van der Waals surface area contributed by atoms with Crippen LogP contribution in [0.25, 0.3) is 6.08 Å². The highest BCUT2D eigenvalue weighted by Crippen LogP contribution is 2.35. The Hall–Kier alpha value is -2.87. The molecular formula is C21H20F2N2O3S. The van der Waals surface area contributed by atoms with Gasteiger partial charge in [0.1, 0.15) is 11.5 Å². The molecule has 0 saturated carbocycles. The maximum absolute atomic E-state index is 13.9. The molecule has 0 N–H and O–H groups in total. The van der Waals surface area contributed by atoms with Gasteiger partial charge in [-0.3, -0.25) is 9.69 Å². The van der Waals surface area contributed by atoms with Crippen LogP contribution in [-0.2, 0) is 4.79 Å². The third kappa shape index (κ3) is 4.76. The lowest BCUT2D eigenvalue weighted by molar-refractivity contribution is -0.121. The molecule has 2 aromatic rings. The van der Waals surface area contributed by atoms with Gasteiger partial charge in [0.15, 0.2) is 22.5 Å². The van der Waals surface area contributed by atoms with Crippen LogP contribution in [0.1, 0.15) is 19.4 Å². The largest absolute Gasteiger partial charge is 0.490 e. The molecule has 5 nitrogen and oxygen atoms in total. The maximum atomic E-state index is 13.9. The van der Waals surface area contributed by atoms with Crippen LogP contribution in [0, 0.1) is 11.6 Å². The van der Waals surface area contributed by atoms with Crippen molar-refractivity contribution in [2.45, 2.75) is 13.8 Å². The standard InChI is InChI=1S/C21H20F2N2O3S/c1-4-27-17-9-6-13(10-18(17)28-5-2)11-19-20(26)25(3)21(29-19)24-16-8-7-14(22)12-15(16)23/h6-12H,4-5H2,1-3H3/b19-11+,24-21?. The molecule has 2 aromatic carbocycles. The number of hydrogen-bond acceptors (Lipinski definition) is 5. The number of rotatable bonds is 6. The first-order valence-corrected chi connectivity index (χ1v) is 9.85. The predicted molar refractivity (Wildman–Crippen MR) is 111 cm³/mol. The van der Waals surface area contributed by atoms with Crippen LogP contribution in [0.15, 0.2) is 46.3 Å². The highest BCUT2D eigenvalue weighted by atomic mass is 32.2. The monoisotopic (exact) mass is 418 g/mol. The van der Waals surface area contributed by atoms with Crippen molar-refractivity contribution in [1.29, 1.82) is 0 Å². The molecule has 0 bridgehead atoms. The van der Waals surface area contributed by atoms with Gasteiger partial charge >= 0.3 is 0 Å². The van der Waals surface area contributed by atoms with Gasteiger partial charge in [0.2, 0.25) is 0 Å². The Bertz CT molecular complexity index is 992. The maximum Gasteiger partial charge on any atom is 0.266 e. The minimum Gasteiger partial charge on any atom is -0.490 e. The summed E-state index contributed by atoms with van der Waals surface area (Å²) in [7, 11) is 1.56. The van der Waals surface area contributed by atoms with E-state index in [2.05, 4.69) is 4.99 Å². The predicted octanol–water partition coefficient (Wildman–Crippen LogP) is 5.00. The molecule has 0 aromatic heterocycles. The summed E-state index contributed by atoms with van der Waals surface area (Å²) in [5.74, 6) is -0.508. The summed E-state index contributed by atoms with van der Waals surface area (Å²) in [5, 5.41) is 0.308. The van der Waals surface area contributed by atoms with Crippen molar-refractivity contribution in [3.8, 4) is 11.5 Å². The number of amides is 1. The number of nitrogens with zero attached hydrogens (tertiary/aromatic N) is 2. The van der Waals surface area contributed by atoms with Crippen LogP contribution in [-0.4, -0.2) is 36.2 Å². The number of likely N-dealkylation sites (N-methyl/N-ethyl adjacent to an activating group) is 1. The van der Waals surface area contributed by atoms with Gasteiger partial charge < -0.3 is 9.47 Å². The number of benzene rings is 2. The van der Waals surface area contributed by atoms with Gasteiger partial charge in [-0.1, -0.05) is 6.07 Å². The van der Waals surface area contributed by atoms with E-state index in [1.165, 1.54) is 11.0 Å². The lowest BCUT2D eigenvalue weighted by Gasteiger charge is -2.11. The van der Waals surface area contributed by atoms with Crippen LogP contribution in [0.2, 0.25) is 0 Å². The molecule has 1 aliphatic heterocycles. The average molecular weight is 418 g/mol. The zero-order valence-electron chi connectivity index (χ0n) is 16.2. The molecule has 1 saturated heterocycles. The number of carbonyl (C=O) groups excluding carboxylic acids is 1. The minimum atomic E-state index is -0.788. The molecule has 0 spiro atoms. The molecule has 1 aliphatic rings. The summed E-state index contributed by atoms with van der Waals surface area (Å²) in [4.78, 5) is 18.5. The van der Waals surface area contributed by atoms with Crippen molar-refractivity contribution >= 4 is 34.6 Å². The number of thioether (sulfide) groups is 1. The first-order chi connectivity index (χ1) is 13.9. The van der Waals surface area contributed by atoms with Gasteiger partial charge in [0.25, 0.3) is 5.91 Å². The quantitative estimate of drug-likeness (QED) is 0.620. The molecule has 152 valence electrons. The molecule has 0 unspecified atom stereocenters. The van der Waals surface area contributed by atoms with E-state index in [0.717, 1.165) is 29.5 Å². The molecule has 0 atom stereocenters. The summed E-state index contributed by atoms with van der Waals surface area (Å²) in [6.45, 7) is 4.76. The van der Waals surface area contributed by atoms with Crippen LogP contribution in [0.5, 0.6) is 11.5 Å². The van der Waals surface area contributed by atoms with Gasteiger partial charge in [-0.2, -0.15) is 0 Å². The molecule has 1 amide bonds. The van der Waals surface area contributed by atoms with Crippen LogP contribution in [0.4, 0.5) is 14.5 Å². The van der Waals surface area contributed by atoms with E-state index in [4.69, 9.17) is 9.47 Å². The van der Waals surface area contributed by atoms with E-state index < -0.39 is 11.6 Å². The average Bonchev–Trinajstić information content (AvgIpc) is 2.94. The molecular weight excluding hydrogens is 398 g/mol. The number of hydrogen-bond donors (Lipinski definition) is 0. The van der Waals surface area contributed by atoms with Gasteiger partial charge in [0, 0.05) is 13.1 Å². The number of amidine groups is 1. The summed E-state index contributed by atoms with van der Waals surface area (Å²) < 4.78 is 38.1. The Morgan fingerprint density at radius 2 is 1.79 bits per heavy atom. The molecule has 0 radical (unpaired) electrons. The highest BCUT2D eigenvalue weighted by molar-refractivity contribution is 8.18. The molecule has 29 heavy (non-hydrogen) atoms. The van der Waals surface area contributed by atoms with Gasteiger partial charge in [-0.15, -0.1) is 0 Å². The topological polar surface area (TPSA) is 51.1 Å². The lowest BCUT2D eigenvalue weighted by atomic mass is 10.2. The van der Waals surface area contributed by atoms with E-state index >= 15 is 0 Å². The van der Waals surface area contributed by atoms with Crippen LogP contribution < -0.4 is 9.47 Å². The fourth-order valence-electron chi connectivity index (χ4n) is 2.64. The second kappa shape index (κ2) is 9.09. The third-order valence-corrected chi connectivity index (χ3v) is 5.05. The van der Waals surface area contributed by atoms with Crippen molar-refractivity contribution < 1.29 is 23.0 Å². The Morgan fingerprint density at radius 3 is 2.48 bits per heavy atom. The number of carbonyl (C=O) groups is 1. The van der Waals surface area contributed by atoms with Gasteiger partial charge in [-0.25, -0.2) is 13.8 Å². The minimum absolute atomic E-state index is 0.0329. The summed E-state index contributed by atoms with van der Waals surface area (Å²) in [6, 6.07) is 8.52. The summed E-state index contributed by atoms with van der Waals surface area (Å²) in [5.41, 5.74) is 0.727. The molecule has 0 aliphatic carbocycles. The summed E-state index contributed by atoms with van der Waals surface area (Å²) >= 11 is 1.12. The van der Waals surface area contributed by atoms with E-state index in [-0.39, 0.29) is 11.6 Å². The fraction of sp³-hybridized carbons (Fsp3) is 0.238. The lowest BCUT2D eigenvalue weighted by Crippen LogP contribution is -2.23. The van der Waals surface area contributed by atoms with E-state index in [0.29, 0.717) is 34.8 Å². The first kappa shape index (κ1) is 20.9. The smallest absolute Gasteiger partial charge is 0.266 e. The first-order valence-electron chi connectivity index (χ1n) is 9.04. The number of ether oxygens (including phenoxy) is 2. The van der Waals surface area contributed by atoms with E-state index in [1.807, 2.05) is 19.9 Å². The molecule has 8 heteroatoms. The van der Waals surface area contributed by atoms with Gasteiger partial charge in [-0.05, 0) is 61.5 Å². The zero-order valence-corrected chi connectivity index (χ0v) is 17.1. The van der Waals surface area contributed by atoms with Crippen molar-refractivity contribution in [3.05, 3.63) is 58.5 Å². The second-order valence-electron chi connectivity index (χ2n) is 6.04. The summed E-state index contributed by atoms with van der Waals surface area (Å²) in [6.07, 6.45) is 1.71. The van der Waals surface area contributed by atoms with E-state index in [1.54, 1.807) is 25.3 Å². The van der Waals surface area contributed by atoms with Crippen molar-refractivity contribution in [1.82, 2.24) is 4.90 Å². The van der Waals surface area contributed by atoms with Crippen LogP contribution >= 0.6 is 11.8 Å². The van der Waals surface area contributed by atoms with Crippen molar-refractivity contribution in [2.24, 2.45) is 4.99 Å². The zero-order chi connectivity index (χ0) is 21.0. The Labute approximate surface area is 172 Å². The third-order valence-electron chi connectivity index (χ3n) is 3.99. The fourth-order valence-corrected chi connectivity index (χ4v) is 3.62. The highest BCUT2D eigenvalue weighted by Gasteiger charge is 2.30. The molecule has 1 fully saturated rings. The number of halogens is 2. The Kier molecular flexibility index (Phi) is 6.53. The van der Waals surface area contributed by atoms with Crippen molar-refractivity contribution in [2.75, 3.05) is 20.3 Å². The second-order valence-corrected chi connectivity index (χ2v) is 7.05. The SMILES string of the molecule is CCOc1ccc(/C=C2/SC(=Nc3ccc(F)cc3F)N(C)C2=O)cc1OCC. The normalized spacial score (nSPS) is 16.7. The molecule has 1 heterocycles. The van der Waals surface area contributed by atoms with Crippen molar-refractivity contribution in [3.63, 3.8) is 0 Å². The van der Waals surface area contributed by atoms with Gasteiger partial charge in [0.05, 0.1) is 18.1 Å². The Morgan fingerprint density at radius 1 is 1.07 bits per heavy atom. The molecule has 3 rings (SSSR count). The number of aliphatic imine (C=N–C) groups is 1. The Balaban J connectivity index is 1.90.